The van der Waals surface area contributed by atoms with Crippen molar-refractivity contribution >= 4 is 17.9 Å². The first kappa shape index (κ1) is 10.7. The molecule has 0 unspecified atom stereocenters. The molecule has 2 aromatic rings. The van der Waals surface area contributed by atoms with E-state index < -0.39 is 4.92 Å². The normalized spacial score (nSPS) is 10.6. The van der Waals surface area contributed by atoms with Crippen LogP contribution in [0, 0.1) is 10.1 Å². The fraction of sp³-hybridized carbons (Fsp3) is 0. The van der Waals surface area contributed by atoms with Crippen molar-refractivity contribution in [3.05, 3.63) is 39.9 Å². The summed E-state index contributed by atoms with van der Waals surface area (Å²) >= 11 is 0. The summed E-state index contributed by atoms with van der Waals surface area (Å²) in [4.78, 5) is 10.2. The molecule has 0 amide bonds. The third-order valence-electron chi connectivity index (χ3n) is 1.85. The van der Waals surface area contributed by atoms with E-state index >= 15 is 0 Å². The quantitative estimate of drug-likeness (QED) is 0.451. The molecule has 9 nitrogen and oxygen atoms in total. The lowest BCUT2D eigenvalue weighted by atomic mass is 10.2. The lowest BCUT2D eigenvalue weighted by Crippen LogP contribution is -1.96. The van der Waals surface area contributed by atoms with Crippen LogP contribution in [0.25, 0.3) is 0 Å². The molecular weight excluding hydrogens is 226 g/mol. The number of nitrogens with one attached hydrogen (secondary N) is 2. The van der Waals surface area contributed by atoms with Crippen molar-refractivity contribution in [2.75, 3.05) is 5.43 Å². The molecule has 0 bridgehead atoms. The van der Waals surface area contributed by atoms with Crippen molar-refractivity contribution in [2.24, 2.45) is 5.10 Å². The average molecular weight is 233 g/mol. The second-order valence-corrected chi connectivity index (χ2v) is 2.92. The van der Waals surface area contributed by atoms with Crippen molar-refractivity contribution < 1.29 is 4.92 Å². The Hall–Kier alpha value is -2.84. The van der Waals surface area contributed by atoms with E-state index in [9.17, 15) is 10.1 Å². The van der Waals surface area contributed by atoms with Crippen molar-refractivity contribution in [1.29, 1.82) is 0 Å². The zero-order valence-corrected chi connectivity index (χ0v) is 8.44. The molecule has 9 heteroatoms. The molecule has 0 saturated heterocycles. The first-order chi connectivity index (χ1) is 8.27. The van der Waals surface area contributed by atoms with Crippen LogP contribution in [-0.4, -0.2) is 31.8 Å². The first-order valence-electron chi connectivity index (χ1n) is 4.53. The number of hydrogen-bond acceptors (Lipinski definition) is 7. The number of para-hydroxylation sites is 1. The van der Waals surface area contributed by atoms with Gasteiger partial charge in [-0.2, -0.15) is 10.3 Å². The highest BCUT2D eigenvalue weighted by atomic mass is 16.6. The van der Waals surface area contributed by atoms with Crippen LogP contribution in [0.4, 0.5) is 11.6 Å². The van der Waals surface area contributed by atoms with Crippen LogP contribution >= 0.6 is 0 Å². The lowest BCUT2D eigenvalue weighted by molar-refractivity contribution is -0.385. The Kier molecular flexibility index (Phi) is 3.01. The maximum Gasteiger partial charge on any atom is 0.283 e. The zero-order valence-electron chi connectivity index (χ0n) is 8.44. The highest BCUT2D eigenvalue weighted by Crippen LogP contribution is 2.15. The number of aromatic amines is 1. The Morgan fingerprint density at radius 3 is 3.00 bits per heavy atom. The summed E-state index contributed by atoms with van der Waals surface area (Å²) < 4.78 is 0. The van der Waals surface area contributed by atoms with Gasteiger partial charge >= 0.3 is 0 Å². The van der Waals surface area contributed by atoms with Gasteiger partial charge < -0.3 is 0 Å². The van der Waals surface area contributed by atoms with Gasteiger partial charge in [0.15, 0.2) is 0 Å². The summed E-state index contributed by atoms with van der Waals surface area (Å²) in [6.45, 7) is 0. The van der Waals surface area contributed by atoms with E-state index in [2.05, 4.69) is 31.2 Å². The minimum atomic E-state index is -0.476. The van der Waals surface area contributed by atoms with Crippen LogP contribution in [0.5, 0.6) is 0 Å². The molecule has 2 rings (SSSR count). The lowest BCUT2D eigenvalue weighted by Gasteiger charge is -1.95. The molecular formula is C8H7N7O2. The standard InChI is InChI=1S/C8H7N7O2/c16-15(17)7-4-2-1-3-6(7)5-9-10-8-11-13-14-12-8/h1-5H,(H2,10,11,12,13,14)/b9-5-. The molecule has 0 aliphatic heterocycles. The van der Waals surface area contributed by atoms with Crippen molar-refractivity contribution in [2.45, 2.75) is 0 Å². The Balaban J connectivity index is 2.13. The average Bonchev–Trinajstić information content (AvgIpc) is 2.82. The van der Waals surface area contributed by atoms with Gasteiger partial charge in [0.05, 0.1) is 16.7 Å². The fourth-order valence-corrected chi connectivity index (χ4v) is 1.13. The summed E-state index contributed by atoms with van der Waals surface area (Å²) in [5, 5.41) is 27.2. The largest absolute Gasteiger partial charge is 0.283 e. The predicted octanol–water partition coefficient (Wildman–Crippen LogP) is 0.554. The van der Waals surface area contributed by atoms with Gasteiger partial charge in [-0.3, -0.25) is 10.1 Å². The van der Waals surface area contributed by atoms with E-state index in [1.807, 2.05) is 0 Å². The zero-order chi connectivity index (χ0) is 12.1. The van der Waals surface area contributed by atoms with Crippen molar-refractivity contribution in [3.8, 4) is 0 Å². The van der Waals surface area contributed by atoms with Crippen LogP contribution in [0.3, 0.4) is 0 Å². The smallest absolute Gasteiger partial charge is 0.258 e. The minimum Gasteiger partial charge on any atom is -0.258 e. The number of nitro benzene ring substituents is 1. The molecule has 86 valence electrons. The molecule has 0 aliphatic rings. The van der Waals surface area contributed by atoms with Crippen LogP contribution in [0.1, 0.15) is 5.56 Å². The van der Waals surface area contributed by atoms with Crippen molar-refractivity contribution in [1.82, 2.24) is 20.6 Å². The van der Waals surface area contributed by atoms with Gasteiger partial charge in [-0.25, -0.2) is 5.43 Å². The van der Waals surface area contributed by atoms with Gasteiger partial charge in [0.25, 0.3) is 11.6 Å². The Labute approximate surface area is 94.7 Å². The van der Waals surface area contributed by atoms with Gasteiger partial charge in [0, 0.05) is 6.07 Å². The Bertz CT molecular complexity index is 537. The molecule has 1 aromatic heterocycles. The van der Waals surface area contributed by atoms with E-state index in [0.29, 0.717) is 5.56 Å². The topological polar surface area (TPSA) is 122 Å². The number of benzene rings is 1. The van der Waals surface area contributed by atoms with E-state index in [-0.39, 0.29) is 11.6 Å². The van der Waals surface area contributed by atoms with Gasteiger partial charge in [0.1, 0.15) is 0 Å². The van der Waals surface area contributed by atoms with Crippen molar-refractivity contribution in [3.63, 3.8) is 0 Å². The number of rotatable bonds is 4. The summed E-state index contributed by atoms with van der Waals surface area (Å²) in [7, 11) is 0. The molecule has 0 radical (unpaired) electrons. The van der Waals surface area contributed by atoms with Gasteiger partial charge in [-0.1, -0.05) is 17.2 Å². The summed E-state index contributed by atoms with van der Waals surface area (Å²) in [5.41, 5.74) is 2.83. The number of hydrazone groups is 1. The van der Waals surface area contributed by atoms with Crippen LogP contribution in [0.15, 0.2) is 29.4 Å². The second kappa shape index (κ2) is 4.79. The molecule has 0 spiro atoms. The summed E-state index contributed by atoms with van der Waals surface area (Å²) in [5.74, 6) is 0.180. The Morgan fingerprint density at radius 2 is 2.29 bits per heavy atom. The van der Waals surface area contributed by atoms with Gasteiger partial charge in [-0.05, 0) is 11.3 Å². The van der Waals surface area contributed by atoms with Crippen LogP contribution < -0.4 is 5.43 Å². The number of nitro groups is 1. The molecule has 17 heavy (non-hydrogen) atoms. The third-order valence-corrected chi connectivity index (χ3v) is 1.85. The molecule has 0 aliphatic carbocycles. The van der Waals surface area contributed by atoms with Crippen LogP contribution in [0.2, 0.25) is 0 Å². The number of hydrogen-bond donors (Lipinski definition) is 2. The van der Waals surface area contributed by atoms with Crippen LogP contribution in [-0.2, 0) is 0 Å². The number of anilines is 1. The van der Waals surface area contributed by atoms with Gasteiger partial charge in [-0.15, -0.1) is 5.10 Å². The minimum absolute atomic E-state index is 0.0221. The SMILES string of the molecule is O=[N+]([O-])c1ccccc1/C=N\Nc1nn[nH]n1. The highest BCUT2D eigenvalue weighted by molar-refractivity contribution is 5.85. The molecule has 1 aromatic carbocycles. The number of H-pyrrole nitrogens is 1. The molecule has 1 heterocycles. The number of nitrogens with zero attached hydrogens (tertiary/aromatic N) is 5. The van der Waals surface area contributed by atoms with E-state index in [0.717, 1.165) is 0 Å². The molecule has 0 atom stereocenters. The third kappa shape index (κ3) is 2.59. The maximum absolute atomic E-state index is 10.7. The highest BCUT2D eigenvalue weighted by Gasteiger charge is 2.09. The van der Waals surface area contributed by atoms with E-state index in [1.54, 1.807) is 18.2 Å². The fourth-order valence-electron chi connectivity index (χ4n) is 1.13. The number of tetrazole rings is 1. The van der Waals surface area contributed by atoms with E-state index in [1.165, 1.54) is 12.3 Å². The summed E-state index contributed by atoms with van der Waals surface area (Å²) in [6.07, 6.45) is 1.31. The second-order valence-electron chi connectivity index (χ2n) is 2.92. The molecule has 0 saturated carbocycles. The maximum atomic E-state index is 10.7. The predicted molar refractivity (Wildman–Crippen MR) is 58.5 cm³/mol. The summed E-state index contributed by atoms with van der Waals surface area (Å²) in [6, 6.07) is 6.25. The molecule has 2 N–H and O–H groups in total. The molecule has 0 fully saturated rings. The first-order valence-corrected chi connectivity index (χ1v) is 4.53. The van der Waals surface area contributed by atoms with Gasteiger partial charge in [0.2, 0.25) is 0 Å². The Morgan fingerprint density at radius 1 is 1.47 bits per heavy atom. The monoisotopic (exact) mass is 233 g/mol. The number of aromatic nitrogens is 4. The van der Waals surface area contributed by atoms with E-state index in [4.69, 9.17) is 0 Å².